The van der Waals surface area contributed by atoms with Gasteiger partial charge in [-0.3, -0.25) is 0 Å². The van der Waals surface area contributed by atoms with E-state index in [1.807, 2.05) is 19.2 Å². The Balaban J connectivity index is 2.41. The first kappa shape index (κ1) is 10.7. The van der Waals surface area contributed by atoms with Crippen LogP contribution in [0.1, 0.15) is 24.4 Å². The number of benzene rings is 1. The molecule has 0 aliphatic heterocycles. The van der Waals surface area contributed by atoms with Crippen molar-refractivity contribution in [2.24, 2.45) is 12.8 Å². The number of para-hydroxylation sites is 1. The highest BCUT2D eigenvalue weighted by molar-refractivity contribution is 5.84. The number of nitrogens with two attached hydrogens (primary N) is 1. The van der Waals surface area contributed by atoms with Crippen LogP contribution in [0.25, 0.3) is 10.9 Å². The third-order valence-corrected chi connectivity index (χ3v) is 2.89. The van der Waals surface area contributed by atoms with Crippen LogP contribution in [0, 0.1) is 11.3 Å². The van der Waals surface area contributed by atoms with Gasteiger partial charge in [-0.15, -0.1) is 0 Å². The van der Waals surface area contributed by atoms with Crippen LogP contribution in [0.4, 0.5) is 0 Å². The van der Waals surface area contributed by atoms with E-state index in [9.17, 15) is 0 Å². The first-order chi connectivity index (χ1) is 7.74. The molecule has 82 valence electrons. The van der Waals surface area contributed by atoms with Crippen molar-refractivity contribution in [2.75, 3.05) is 0 Å². The van der Waals surface area contributed by atoms with E-state index < -0.39 is 0 Å². The van der Waals surface area contributed by atoms with Crippen molar-refractivity contribution in [3.63, 3.8) is 0 Å². The Morgan fingerprint density at radius 1 is 1.44 bits per heavy atom. The van der Waals surface area contributed by atoms with Gasteiger partial charge >= 0.3 is 0 Å². The fraction of sp³-hybridized carbons (Fsp3) is 0.308. The standard InChI is InChI=1S/C13H15N3/c1-16-9-11(12(15)6-4-8-14)10-5-2-3-7-13(10)16/h2-3,5,7,9,12H,4,6,15H2,1H3. The monoisotopic (exact) mass is 213 g/mol. The molecule has 0 amide bonds. The quantitative estimate of drug-likeness (QED) is 0.851. The molecule has 0 aliphatic carbocycles. The van der Waals surface area contributed by atoms with E-state index in [0.717, 1.165) is 5.56 Å². The lowest BCUT2D eigenvalue weighted by molar-refractivity contribution is 0.667. The number of rotatable bonds is 3. The molecule has 1 unspecified atom stereocenters. The summed E-state index contributed by atoms with van der Waals surface area (Å²) >= 11 is 0. The predicted octanol–water partition coefficient (Wildman–Crippen LogP) is 2.48. The number of nitriles is 1. The Kier molecular flexibility index (Phi) is 2.93. The summed E-state index contributed by atoms with van der Waals surface area (Å²) in [5, 5.41) is 9.76. The molecule has 3 nitrogen and oxygen atoms in total. The first-order valence-electron chi connectivity index (χ1n) is 5.40. The summed E-state index contributed by atoms with van der Waals surface area (Å²) in [6.45, 7) is 0. The Bertz CT molecular complexity index is 534. The number of aromatic nitrogens is 1. The zero-order valence-electron chi connectivity index (χ0n) is 9.35. The molecule has 1 heterocycles. The molecule has 0 aliphatic rings. The normalized spacial score (nSPS) is 12.6. The van der Waals surface area contributed by atoms with Crippen LogP contribution in [0.5, 0.6) is 0 Å². The van der Waals surface area contributed by atoms with Crippen LogP contribution >= 0.6 is 0 Å². The third kappa shape index (κ3) is 1.80. The Hall–Kier alpha value is -1.79. The Labute approximate surface area is 95.1 Å². The highest BCUT2D eigenvalue weighted by Gasteiger charge is 2.12. The Morgan fingerprint density at radius 3 is 2.94 bits per heavy atom. The van der Waals surface area contributed by atoms with Gasteiger partial charge in [0.05, 0.1) is 6.07 Å². The van der Waals surface area contributed by atoms with Gasteiger partial charge in [-0.05, 0) is 18.1 Å². The van der Waals surface area contributed by atoms with Gasteiger partial charge in [0.1, 0.15) is 0 Å². The minimum absolute atomic E-state index is 0.0502. The molecule has 1 atom stereocenters. The smallest absolute Gasteiger partial charge is 0.0622 e. The van der Waals surface area contributed by atoms with E-state index in [-0.39, 0.29) is 6.04 Å². The zero-order chi connectivity index (χ0) is 11.5. The van der Waals surface area contributed by atoms with Crippen molar-refractivity contribution in [3.8, 4) is 6.07 Å². The molecular formula is C13H15N3. The average Bonchev–Trinajstić information content (AvgIpc) is 2.65. The van der Waals surface area contributed by atoms with Crippen molar-refractivity contribution in [3.05, 3.63) is 36.0 Å². The van der Waals surface area contributed by atoms with Crippen LogP contribution in [-0.2, 0) is 7.05 Å². The summed E-state index contributed by atoms with van der Waals surface area (Å²) in [6, 6.07) is 10.3. The first-order valence-corrected chi connectivity index (χ1v) is 5.40. The minimum Gasteiger partial charge on any atom is -0.350 e. The van der Waals surface area contributed by atoms with Gasteiger partial charge in [-0.2, -0.15) is 5.26 Å². The maximum Gasteiger partial charge on any atom is 0.0622 e. The van der Waals surface area contributed by atoms with Crippen LogP contribution in [0.15, 0.2) is 30.5 Å². The number of nitrogens with zero attached hydrogens (tertiary/aromatic N) is 2. The topological polar surface area (TPSA) is 54.7 Å². The van der Waals surface area contributed by atoms with Gasteiger partial charge in [-0.1, -0.05) is 18.2 Å². The maximum atomic E-state index is 8.57. The average molecular weight is 213 g/mol. The van der Waals surface area contributed by atoms with Crippen LogP contribution in [0.2, 0.25) is 0 Å². The maximum absolute atomic E-state index is 8.57. The summed E-state index contributed by atoms with van der Waals surface area (Å²) in [6.07, 6.45) is 3.28. The molecule has 0 bridgehead atoms. The second-order valence-corrected chi connectivity index (χ2v) is 4.02. The van der Waals surface area contributed by atoms with Crippen molar-refractivity contribution in [1.29, 1.82) is 5.26 Å². The summed E-state index contributed by atoms with van der Waals surface area (Å²) in [5.41, 5.74) is 8.41. The SMILES string of the molecule is Cn1cc(C(N)CCC#N)c2ccccc21. The molecule has 0 radical (unpaired) electrons. The summed E-state index contributed by atoms with van der Waals surface area (Å²) in [4.78, 5) is 0. The van der Waals surface area contributed by atoms with E-state index in [4.69, 9.17) is 11.0 Å². The number of fused-ring (bicyclic) bond motifs is 1. The van der Waals surface area contributed by atoms with Gasteiger partial charge < -0.3 is 10.3 Å². The fourth-order valence-electron chi connectivity index (χ4n) is 2.04. The number of hydrogen-bond donors (Lipinski definition) is 1. The molecule has 2 N–H and O–H groups in total. The van der Waals surface area contributed by atoms with Crippen LogP contribution in [-0.4, -0.2) is 4.57 Å². The largest absolute Gasteiger partial charge is 0.350 e. The number of hydrogen-bond acceptors (Lipinski definition) is 2. The molecular weight excluding hydrogens is 198 g/mol. The van der Waals surface area contributed by atoms with Gasteiger partial charge in [0, 0.05) is 36.6 Å². The molecule has 1 aromatic carbocycles. The summed E-state index contributed by atoms with van der Waals surface area (Å²) in [5.74, 6) is 0. The lowest BCUT2D eigenvalue weighted by Crippen LogP contribution is -2.09. The molecule has 1 aromatic heterocycles. The third-order valence-electron chi connectivity index (χ3n) is 2.89. The van der Waals surface area contributed by atoms with Crippen LogP contribution in [0.3, 0.4) is 0 Å². The molecule has 0 saturated carbocycles. The molecule has 2 aromatic rings. The molecule has 0 spiro atoms. The van der Waals surface area contributed by atoms with E-state index in [0.29, 0.717) is 12.8 Å². The van der Waals surface area contributed by atoms with Gasteiger partial charge in [0.25, 0.3) is 0 Å². The van der Waals surface area contributed by atoms with E-state index in [1.165, 1.54) is 10.9 Å². The molecule has 0 fully saturated rings. The van der Waals surface area contributed by atoms with Crippen LogP contribution < -0.4 is 5.73 Å². The lowest BCUT2D eigenvalue weighted by atomic mass is 10.0. The highest BCUT2D eigenvalue weighted by Crippen LogP contribution is 2.26. The highest BCUT2D eigenvalue weighted by atomic mass is 14.9. The second-order valence-electron chi connectivity index (χ2n) is 4.02. The van der Waals surface area contributed by atoms with Gasteiger partial charge in [-0.25, -0.2) is 0 Å². The van der Waals surface area contributed by atoms with Crippen molar-refractivity contribution in [1.82, 2.24) is 4.57 Å². The molecule has 16 heavy (non-hydrogen) atoms. The molecule has 0 saturated heterocycles. The van der Waals surface area contributed by atoms with E-state index >= 15 is 0 Å². The zero-order valence-corrected chi connectivity index (χ0v) is 9.35. The van der Waals surface area contributed by atoms with Gasteiger partial charge in [0.15, 0.2) is 0 Å². The summed E-state index contributed by atoms with van der Waals surface area (Å²) in [7, 11) is 2.02. The number of aryl methyl sites for hydroxylation is 1. The molecule has 3 heteroatoms. The second kappa shape index (κ2) is 4.38. The van der Waals surface area contributed by atoms with Crippen molar-refractivity contribution >= 4 is 10.9 Å². The fourth-order valence-corrected chi connectivity index (χ4v) is 2.04. The van der Waals surface area contributed by atoms with Gasteiger partial charge in [0.2, 0.25) is 0 Å². The molecule has 2 rings (SSSR count). The summed E-state index contributed by atoms with van der Waals surface area (Å²) < 4.78 is 2.08. The van der Waals surface area contributed by atoms with Crippen molar-refractivity contribution in [2.45, 2.75) is 18.9 Å². The Morgan fingerprint density at radius 2 is 2.19 bits per heavy atom. The predicted molar refractivity (Wildman–Crippen MR) is 64.7 cm³/mol. The minimum atomic E-state index is -0.0502. The lowest BCUT2D eigenvalue weighted by Gasteiger charge is -2.07. The van der Waals surface area contributed by atoms with Crippen molar-refractivity contribution < 1.29 is 0 Å². The van der Waals surface area contributed by atoms with E-state index in [2.05, 4.69) is 29.0 Å². The van der Waals surface area contributed by atoms with E-state index in [1.54, 1.807) is 0 Å².